The molecule has 16 heavy (non-hydrogen) atoms. The van der Waals surface area contributed by atoms with Gasteiger partial charge in [-0.25, -0.2) is 0 Å². The maximum absolute atomic E-state index is 6.17. The molecule has 0 fully saturated rings. The Morgan fingerprint density at radius 2 is 2.19 bits per heavy atom. The van der Waals surface area contributed by atoms with Gasteiger partial charge in [0.25, 0.3) is 0 Å². The van der Waals surface area contributed by atoms with Gasteiger partial charge in [0.1, 0.15) is 0 Å². The van der Waals surface area contributed by atoms with Gasteiger partial charge in [-0.05, 0) is 23.9 Å². The van der Waals surface area contributed by atoms with Gasteiger partial charge in [-0.15, -0.1) is 0 Å². The highest BCUT2D eigenvalue weighted by Gasteiger charge is 2.25. The zero-order valence-corrected chi connectivity index (χ0v) is 10.6. The number of thioether (sulfide) groups is 1. The third-order valence-corrected chi connectivity index (χ3v) is 4.14. The van der Waals surface area contributed by atoms with E-state index in [9.17, 15) is 0 Å². The fraction of sp³-hybridized carbons (Fsp3) is 0.182. The van der Waals surface area contributed by atoms with Gasteiger partial charge in [0.15, 0.2) is 5.17 Å². The van der Waals surface area contributed by atoms with E-state index in [0.717, 1.165) is 28.7 Å². The Morgan fingerprint density at radius 3 is 2.94 bits per heavy atom. The highest BCUT2D eigenvalue weighted by atomic mass is 35.5. The predicted octanol–water partition coefficient (Wildman–Crippen LogP) is 3.71. The van der Waals surface area contributed by atoms with Gasteiger partial charge in [-0.3, -0.25) is 4.99 Å². The first-order valence-corrected chi connectivity index (χ1v) is 6.47. The minimum Gasteiger partial charge on any atom is -0.325 e. The van der Waals surface area contributed by atoms with Crippen molar-refractivity contribution in [1.29, 1.82) is 0 Å². The van der Waals surface area contributed by atoms with Crippen molar-refractivity contribution in [2.75, 3.05) is 13.1 Å². The highest BCUT2D eigenvalue weighted by Crippen LogP contribution is 2.40. The molecular weight excluding hydrogens is 263 g/mol. The quantitative estimate of drug-likeness (QED) is 0.773. The monoisotopic (exact) mass is 270 g/mol. The van der Waals surface area contributed by atoms with E-state index >= 15 is 0 Å². The zero-order chi connectivity index (χ0) is 11.1. The number of amidine groups is 1. The number of halogens is 2. The molecule has 0 aromatic heterocycles. The molecule has 5 heteroatoms. The van der Waals surface area contributed by atoms with Gasteiger partial charge in [-0.2, -0.15) is 0 Å². The molecule has 0 unspecified atom stereocenters. The minimum absolute atomic E-state index is 0.662. The van der Waals surface area contributed by atoms with Crippen LogP contribution < -0.4 is 0 Å². The number of hydrogen-bond donors (Lipinski definition) is 0. The number of nitrogens with zero attached hydrogens (tertiary/aromatic N) is 2. The average Bonchev–Trinajstić information content (AvgIpc) is 2.76. The molecule has 0 spiro atoms. The first-order chi connectivity index (χ1) is 7.74. The lowest BCUT2D eigenvalue weighted by Crippen LogP contribution is -2.14. The summed E-state index contributed by atoms with van der Waals surface area (Å²) in [5.74, 6) is 0. The maximum Gasteiger partial charge on any atom is 0.168 e. The fourth-order valence-electron chi connectivity index (χ4n) is 1.73. The summed E-state index contributed by atoms with van der Waals surface area (Å²) in [5.41, 5.74) is 1.02. The summed E-state index contributed by atoms with van der Waals surface area (Å²) in [6.07, 6.45) is 2.10. The molecule has 0 aliphatic carbocycles. The van der Waals surface area contributed by atoms with E-state index < -0.39 is 0 Å². The van der Waals surface area contributed by atoms with Crippen LogP contribution in [-0.2, 0) is 0 Å². The first-order valence-electron chi connectivity index (χ1n) is 4.90. The predicted molar refractivity (Wildman–Crippen MR) is 71.0 cm³/mol. The molecule has 0 atom stereocenters. The fourth-order valence-corrected chi connectivity index (χ4v) is 3.38. The van der Waals surface area contributed by atoms with Crippen LogP contribution in [0, 0.1) is 0 Å². The standard InChI is InChI=1S/C11H8Cl2N2S/c12-7-1-2-8(9(13)5-7)10-6-15-4-3-14-11(15)16-10/h1-2,5-6H,3-4H2. The van der Waals surface area contributed by atoms with Crippen LogP contribution in [0.15, 0.2) is 29.4 Å². The molecule has 0 radical (unpaired) electrons. The number of hydrogen-bond acceptors (Lipinski definition) is 3. The summed E-state index contributed by atoms with van der Waals surface area (Å²) in [7, 11) is 0. The van der Waals surface area contributed by atoms with Crippen LogP contribution >= 0.6 is 35.0 Å². The summed E-state index contributed by atoms with van der Waals surface area (Å²) in [6, 6.07) is 5.58. The largest absolute Gasteiger partial charge is 0.325 e. The molecule has 2 nitrogen and oxygen atoms in total. The summed E-state index contributed by atoms with van der Waals surface area (Å²) in [5, 5.41) is 2.42. The molecule has 0 saturated carbocycles. The SMILES string of the molecule is Clc1ccc(C2=CN3CCN=C3S2)c(Cl)c1. The van der Waals surface area contributed by atoms with Gasteiger partial charge in [0.05, 0.1) is 11.6 Å². The summed E-state index contributed by atoms with van der Waals surface area (Å²) in [4.78, 5) is 7.70. The normalized spacial score (nSPS) is 18.5. The van der Waals surface area contributed by atoms with E-state index in [-0.39, 0.29) is 0 Å². The van der Waals surface area contributed by atoms with E-state index in [2.05, 4.69) is 16.1 Å². The Morgan fingerprint density at radius 1 is 1.31 bits per heavy atom. The Balaban J connectivity index is 1.97. The van der Waals surface area contributed by atoms with Crippen molar-refractivity contribution in [3.63, 3.8) is 0 Å². The number of aliphatic imine (C=N–C) groups is 1. The van der Waals surface area contributed by atoms with Gasteiger partial charge in [0.2, 0.25) is 0 Å². The smallest absolute Gasteiger partial charge is 0.168 e. The van der Waals surface area contributed by atoms with Crippen LogP contribution in [0.5, 0.6) is 0 Å². The van der Waals surface area contributed by atoms with Gasteiger partial charge < -0.3 is 4.90 Å². The Labute approximate surface area is 108 Å². The third kappa shape index (κ3) is 1.73. The van der Waals surface area contributed by atoms with Crippen molar-refractivity contribution in [3.05, 3.63) is 40.0 Å². The molecule has 2 heterocycles. The molecule has 82 valence electrons. The Bertz CT molecular complexity index is 511. The molecular formula is C11H8Cl2N2S. The summed E-state index contributed by atoms with van der Waals surface area (Å²) in [6.45, 7) is 1.86. The van der Waals surface area contributed by atoms with E-state index in [4.69, 9.17) is 23.2 Å². The molecule has 3 rings (SSSR count). The third-order valence-electron chi connectivity index (χ3n) is 2.50. The molecule has 1 aromatic rings. The van der Waals surface area contributed by atoms with Crippen molar-refractivity contribution in [2.45, 2.75) is 0 Å². The molecule has 0 bridgehead atoms. The highest BCUT2D eigenvalue weighted by molar-refractivity contribution is 8.22. The number of rotatable bonds is 1. The second kappa shape index (κ2) is 3.99. The van der Waals surface area contributed by atoms with Crippen LogP contribution in [0.3, 0.4) is 0 Å². The molecule has 2 aliphatic heterocycles. The topological polar surface area (TPSA) is 15.6 Å². The Kier molecular flexibility index (Phi) is 2.62. The molecule has 2 aliphatic rings. The van der Waals surface area contributed by atoms with Gasteiger partial charge >= 0.3 is 0 Å². The van der Waals surface area contributed by atoms with Gasteiger partial charge in [0, 0.05) is 28.2 Å². The summed E-state index contributed by atoms with van der Waals surface area (Å²) < 4.78 is 0. The minimum atomic E-state index is 0.662. The molecule has 0 saturated heterocycles. The lowest BCUT2D eigenvalue weighted by Gasteiger charge is -2.04. The number of benzene rings is 1. The molecule has 0 amide bonds. The lowest BCUT2D eigenvalue weighted by atomic mass is 10.2. The van der Waals surface area contributed by atoms with Crippen LogP contribution in [0.25, 0.3) is 4.91 Å². The van der Waals surface area contributed by atoms with E-state index in [1.165, 1.54) is 0 Å². The van der Waals surface area contributed by atoms with Crippen molar-refractivity contribution in [2.24, 2.45) is 4.99 Å². The van der Waals surface area contributed by atoms with Crippen molar-refractivity contribution in [3.8, 4) is 0 Å². The van der Waals surface area contributed by atoms with Crippen molar-refractivity contribution >= 4 is 45.0 Å². The zero-order valence-electron chi connectivity index (χ0n) is 8.28. The van der Waals surface area contributed by atoms with Crippen LogP contribution in [0.4, 0.5) is 0 Å². The summed E-state index contributed by atoms with van der Waals surface area (Å²) >= 11 is 13.7. The molecule has 0 N–H and O–H groups in total. The maximum atomic E-state index is 6.17. The second-order valence-corrected chi connectivity index (χ2v) is 5.43. The van der Waals surface area contributed by atoms with E-state index in [0.29, 0.717) is 10.0 Å². The second-order valence-electron chi connectivity index (χ2n) is 3.58. The molecule has 1 aromatic carbocycles. The van der Waals surface area contributed by atoms with E-state index in [1.807, 2.05) is 12.1 Å². The van der Waals surface area contributed by atoms with Crippen molar-refractivity contribution in [1.82, 2.24) is 4.90 Å². The van der Waals surface area contributed by atoms with Gasteiger partial charge in [-0.1, -0.05) is 29.3 Å². The van der Waals surface area contributed by atoms with Crippen LogP contribution in [0.2, 0.25) is 10.0 Å². The lowest BCUT2D eigenvalue weighted by molar-refractivity contribution is 0.626. The van der Waals surface area contributed by atoms with Crippen LogP contribution in [-0.4, -0.2) is 23.2 Å². The Hall–Kier alpha value is -0.640. The first kappa shape index (κ1) is 10.5. The van der Waals surface area contributed by atoms with Crippen molar-refractivity contribution < 1.29 is 0 Å². The van der Waals surface area contributed by atoms with E-state index in [1.54, 1.807) is 17.8 Å². The number of fused-ring (bicyclic) bond motifs is 1. The van der Waals surface area contributed by atoms with Crippen LogP contribution in [0.1, 0.15) is 5.56 Å². The average molecular weight is 271 g/mol.